The van der Waals surface area contributed by atoms with E-state index in [1.54, 1.807) is 6.07 Å². The lowest BCUT2D eigenvalue weighted by atomic mass is 10.2. The molecule has 0 saturated carbocycles. The normalized spacial score (nSPS) is 13.8. The van der Waals surface area contributed by atoms with E-state index in [9.17, 15) is 8.42 Å². The molecule has 0 N–H and O–H groups in total. The summed E-state index contributed by atoms with van der Waals surface area (Å²) in [5.74, 6) is 0.849. The number of hydrogen-bond donors (Lipinski definition) is 0. The van der Waals surface area contributed by atoms with Crippen LogP contribution in [-0.4, -0.2) is 29.2 Å². The van der Waals surface area contributed by atoms with Crippen molar-refractivity contribution in [3.63, 3.8) is 0 Å². The van der Waals surface area contributed by atoms with Gasteiger partial charge in [0.25, 0.3) is 10.0 Å². The van der Waals surface area contributed by atoms with Gasteiger partial charge in [0.05, 0.1) is 19.9 Å². The molecule has 0 spiro atoms. The third-order valence-corrected chi connectivity index (χ3v) is 6.62. The average Bonchev–Trinajstić information content (AvgIpc) is 2.99. The van der Waals surface area contributed by atoms with Crippen molar-refractivity contribution in [1.82, 2.24) is 0 Å². The van der Waals surface area contributed by atoms with Crippen LogP contribution in [0, 0.1) is 0 Å². The first-order chi connectivity index (χ1) is 11.0. The van der Waals surface area contributed by atoms with E-state index < -0.39 is 10.0 Å². The molecule has 0 aliphatic carbocycles. The molecule has 1 heterocycles. The van der Waals surface area contributed by atoms with E-state index in [-0.39, 0.29) is 4.90 Å². The van der Waals surface area contributed by atoms with Crippen molar-refractivity contribution in [3.8, 4) is 11.5 Å². The van der Waals surface area contributed by atoms with Crippen LogP contribution in [0.25, 0.3) is 0 Å². The molecular formula is C16H16BrNO4S. The molecule has 0 radical (unpaired) electrons. The number of para-hydroxylation sites is 1. The van der Waals surface area contributed by atoms with Crippen LogP contribution in [0.3, 0.4) is 0 Å². The number of methoxy groups -OCH3 is 2. The van der Waals surface area contributed by atoms with Gasteiger partial charge in [-0.15, -0.1) is 0 Å². The zero-order chi connectivity index (χ0) is 16.6. The van der Waals surface area contributed by atoms with Gasteiger partial charge in [0, 0.05) is 17.1 Å². The lowest BCUT2D eigenvalue weighted by Gasteiger charge is -2.21. The summed E-state index contributed by atoms with van der Waals surface area (Å²) in [5, 5.41) is 0. The Kier molecular flexibility index (Phi) is 4.25. The third-order valence-electron chi connectivity index (χ3n) is 3.85. The molecule has 0 aromatic heterocycles. The maximum absolute atomic E-state index is 13.1. The van der Waals surface area contributed by atoms with Crippen molar-refractivity contribution in [3.05, 3.63) is 46.4 Å². The highest BCUT2D eigenvalue weighted by atomic mass is 79.9. The van der Waals surface area contributed by atoms with Crippen LogP contribution in [0.1, 0.15) is 5.56 Å². The number of nitrogens with zero attached hydrogens (tertiary/aromatic N) is 1. The van der Waals surface area contributed by atoms with Crippen molar-refractivity contribution in [2.24, 2.45) is 0 Å². The lowest BCUT2D eigenvalue weighted by molar-refractivity contribution is 0.353. The number of hydrogen-bond acceptors (Lipinski definition) is 4. The second-order valence-corrected chi connectivity index (χ2v) is 7.78. The molecule has 2 aromatic rings. The number of fused-ring (bicyclic) bond motifs is 1. The van der Waals surface area contributed by atoms with Gasteiger partial charge < -0.3 is 9.47 Å². The van der Waals surface area contributed by atoms with E-state index in [0.29, 0.717) is 28.9 Å². The molecule has 0 saturated heterocycles. The quantitative estimate of drug-likeness (QED) is 0.794. The summed E-state index contributed by atoms with van der Waals surface area (Å²) in [6.45, 7) is 0.433. The number of anilines is 1. The third kappa shape index (κ3) is 2.68. The van der Waals surface area contributed by atoms with Crippen LogP contribution in [0.15, 0.2) is 45.8 Å². The molecule has 0 amide bonds. The molecule has 0 unspecified atom stereocenters. The Bertz CT molecular complexity index is 851. The summed E-state index contributed by atoms with van der Waals surface area (Å²) in [6, 6.07) is 10.6. The van der Waals surface area contributed by atoms with Crippen molar-refractivity contribution in [2.75, 3.05) is 25.1 Å². The molecule has 122 valence electrons. The fourth-order valence-electron chi connectivity index (χ4n) is 2.71. The molecule has 1 aliphatic rings. The number of ether oxygens (including phenoxy) is 2. The summed E-state index contributed by atoms with van der Waals surface area (Å²) < 4.78 is 38.5. The predicted molar refractivity (Wildman–Crippen MR) is 91.9 cm³/mol. The van der Waals surface area contributed by atoms with Crippen LogP contribution < -0.4 is 13.8 Å². The highest BCUT2D eigenvalue weighted by Gasteiger charge is 2.32. The zero-order valence-corrected chi connectivity index (χ0v) is 15.1. The number of halogens is 1. The van der Waals surface area contributed by atoms with Crippen LogP contribution in [0.2, 0.25) is 0 Å². The van der Waals surface area contributed by atoms with Crippen molar-refractivity contribution in [1.29, 1.82) is 0 Å². The molecule has 2 aromatic carbocycles. The molecule has 23 heavy (non-hydrogen) atoms. The van der Waals surface area contributed by atoms with Gasteiger partial charge >= 0.3 is 0 Å². The van der Waals surface area contributed by atoms with Crippen LogP contribution in [0.5, 0.6) is 11.5 Å². The van der Waals surface area contributed by atoms with Gasteiger partial charge in [-0.3, -0.25) is 4.31 Å². The molecule has 3 rings (SSSR count). The maximum Gasteiger partial charge on any atom is 0.265 e. The highest BCUT2D eigenvalue weighted by Crippen LogP contribution is 2.39. The molecule has 1 aliphatic heterocycles. The van der Waals surface area contributed by atoms with Gasteiger partial charge in [0.1, 0.15) is 4.90 Å². The Hall–Kier alpha value is -1.73. The summed E-state index contributed by atoms with van der Waals surface area (Å²) >= 11 is 3.33. The Morgan fingerprint density at radius 2 is 1.74 bits per heavy atom. The summed E-state index contributed by atoms with van der Waals surface area (Å²) in [5.41, 5.74) is 1.77. The van der Waals surface area contributed by atoms with E-state index in [4.69, 9.17) is 9.47 Å². The first-order valence-corrected chi connectivity index (χ1v) is 9.24. The fourth-order valence-corrected chi connectivity index (χ4v) is 5.21. The summed E-state index contributed by atoms with van der Waals surface area (Å²) in [7, 11) is -0.701. The summed E-state index contributed by atoms with van der Waals surface area (Å²) in [4.78, 5) is 0.159. The fraction of sp³-hybridized carbons (Fsp3) is 0.250. The number of sulfonamides is 1. The van der Waals surface area contributed by atoms with E-state index in [1.165, 1.54) is 24.6 Å². The van der Waals surface area contributed by atoms with E-state index in [1.807, 2.05) is 24.3 Å². The van der Waals surface area contributed by atoms with Crippen LogP contribution >= 0.6 is 15.9 Å². The summed E-state index contributed by atoms with van der Waals surface area (Å²) in [6.07, 6.45) is 0.709. The second-order valence-electron chi connectivity index (χ2n) is 5.09. The van der Waals surface area contributed by atoms with Gasteiger partial charge in [-0.1, -0.05) is 18.2 Å². The number of benzene rings is 2. The zero-order valence-electron chi connectivity index (χ0n) is 12.7. The minimum Gasteiger partial charge on any atom is -0.493 e. The first-order valence-electron chi connectivity index (χ1n) is 7.01. The van der Waals surface area contributed by atoms with Crippen molar-refractivity contribution < 1.29 is 17.9 Å². The Labute approximate surface area is 144 Å². The first kappa shape index (κ1) is 16.1. The Morgan fingerprint density at radius 1 is 1.09 bits per heavy atom. The average molecular weight is 398 g/mol. The van der Waals surface area contributed by atoms with Gasteiger partial charge in [-0.2, -0.15) is 0 Å². The molecule has 5 nitrogen and oxygen atoms in total. The molecular weight excluding hydrogens is 382 g/mol. The minimum absolute atomic E-state index is 0.159. The SMILES string of the molecule is COc1cc(Br)c(S(=O)(=O)N2CCc3ccccc32)cc1OC. The molecule has 0 atom stereocenters. The predicted octanol–water partition coefficient (Wildman–Crippen LogP) is 3.22. The largest absolute Gasteiger partial charge is 0.493 e. The highest BCUT2D eigenvalue weighted by molar-refractivity contribution is 9.10. The van der Waals surface area contributed by atoms with E-state index >= 15 is 0 Å². The Balaban J connectivity index is 2.11. The number of rotatable bonds is 4. The standard InChI is InChI=1S/C16H16BrNO4S/c1-21-14-9-12(17)16(10-15(14)22-2)23(19,20)18-8-7-11-5-3-4-6-13(11)18/h3-6,9-10H,7-8H2,1-2H3. The smallest absolute Gasteiger partial charge is 0.265 e. The van der Waals surface area contributed by atoms with Crippen molar-refractivity contribution in [2.45, 2.75) is 11.3 Å². The van der Waals surface area contributed by atoms with Crippen molar-refractivity contribution >= 4 is 31.6 Å². The maximum atomic E-state index is 13.1. The second kappa shape index (κ2) is 6.05. The molecule has 0 bridgehead atoms. The topological polar surface area (TPSA) is 55.8 Å². The van der Waals surface area contributed by atoms with Gasteiger partial charge in [-0.05, 0) is 40.0 Å². The van der Waals surface area contributed by atoms with E-state index in [0.717, 1.165) is 11.3 Å². The Morgan fingerprint density at radius 3 is 2.43 bits per heavy atom. The minimum atomic E-state index is -3.69. The molecule has 0 fully saturated rings. The molecule has 7 heteroatoms. The van der Waals surface area contributed by atoms with Crippen LogP contribution in [-0.2, 0) is 16.4 Å². The van der Waals surface area contributed by atoms with Crippen LogP contribution in [0.4, 0.5) is 5.69 Å². The van der Waals surface area contributed by atoms with Gasteiger partial charge in [-0.25, -0.2) is 8.42 Å². The van der Waals surface area contributed by atoms with Gasteiger partial charge in [0.2, 0.25) is 0 Å². The monoisotopic (exact) mass is 397 g/mol. The van der Waals surface area contributed by atoms with E-state index in [2.05, 4.69) is 15.9 Å². The van der Waals surface area contributed by atoms with Gasteiger partial charge in [0.15, 0.2) is 11.5 Å². The lowest BCUT2D eigenvalue weighted by Crippen LogP contribution is -2.29.